The SMILES string of the molecule is CCc1nc(COc2ccc(C(=O)NC(CC)CC)cc2)no1. The minimum Gasteiger partial charge on any atom is -0.485 e. The topological polar surface area (TPSA) is 77.2 Å². The smallest absolute Gasteiger partial charge is 0.251 e. The van der Waals surface area contributed by atoms with Gasteiger partial charge in [0.05, 0.1) is 0 Å². The molecule has 1 amide bonds. The Morgan fingerprint density at radius 1 is 1.22 bits per heavy atom. The molecule has 1 aromatic heterocycles. The van der Waals surface area contributed by atoms with E-state index in [2.05, 4.69) is 29.3 Å². The maximum Gasteiger partial charge on any atom is 0.251 e. The highest BCUT2D eigenvalue weighted by molar-refractivity contribution is 5.94. The molecule has 124 valence electrons. The van der Waals surface area contributed by atoms with Gasteiger partial charge in [-0.25, -0.2) is 0 Å². The monoisotopic (exact) mass is 317 g/mol. The van der Waals surface area contributed by atoms with Crippen LogP contribution in [0.25, 0.3) is 0 Å². The van der Waals surface area contributed by atoms with Crippen LogP contribution in [-0.4, -0.2) is 22.1 Å². The molecule has 0 radical (unpaired) electrons. The fourth-order valence-electron chi connectivity index (χ4n) is 2.10. The second kappa shape index (κ2) is 8.31. The molecule has 0 atom stereocenters. The minimum absolute atomic E-state index is 0.0593. The van der Waals surface area contributed by atoms with Gasteiger partial charge in [-0.15, -0.1) is 0 Å². The highest BCUT2D eigenvalue weighted by Crippen LogP contribution is 2.14. The summed E-state index contributed by atoms with van der Waals surface area (Å²) in [5.41, 5.74) is 0.622. The summed E-state index contributed by atoms with van der Waals surface area (Å²) in [6, 6.07) is 7.25. The maximum absolute atomic E-state index is 12.1. The van der Waals surface area contributed by atoms with E-state index in [1.807, 2.05) is 6.92 Å². The van der Waals surface area contributed by atoms with Crippen LogP contribution in [0.1, 0.15) is 55.7 Å². The number of nitrogens with zero attached hydrogens (tertiary/aromatic N) is 2. The van der Waals surface area contributed by atoms with Crippen molar-refractivity contribution in [3.8, 4) is 5.75 Å². The van der Waals surface area contributed by atoms with Gasteiger partial charge in [0, 0.05) is 18.0 Å². The molecule has 0 bridgehead atoms. The summed E-state index contributed by atoms with van der Waals surface area (Å²) >= 11 is 0. The van der Waals surface area contributed by atoms with Crippen LogP contribution in [0.2, 0.25) is 0 Å². The van der Waals surface area contributed by atoms with Crippen LogP contribution in [0, 0.1) is 0 Å². The van der Waals surface area contributed by atoms with Gasteiger partial charge in [-0.3, -0.25) is 4.79 Å². The first-order valence-electron chi connectivity index (χ1n) is 8.01. The Morgan fingerprint density at radius 3 is 2.48 bits per heavy atom. The molecule has 1 heterocycles. The molecule has 1 aromatic carbocycles. The van der Waals surface area contributed by atoms with Gasteiger partial charge in [0.1, 0.15) is 5.75 Å². The van der Waals surface area contributed by atoms with Crippen LogP contribution in [0.4, 0.5) is 0 Å². The molecule has 6 nitrogen and oxygen atoms in total. The molecule has 0 spiro atoms. The highest BCUT2D eigenvalue weighted by atomic mass is 16.5. The zero-order valence-corrected chi connectivity index (χ0v) is 13.8. The zero-order chi connectivity index (χ0) is 16.7. The molecule has 0 saturated heterocycles. The fourth-order valence-corrected chi connectivity index (χ4v) is 2.10. The van der Waals surface area contributed by atoms with E-state index < -0.39 is 0 Å². The normalized spacial score (nSPS) is 10.8. The van der Waals surface area contributed by atoms with Crippen LogP contribution in [0.5, 0.6) is 5.75 Å². The van der Waals surface area contributed by atoms with Crippen LogP contribution in [0.15, 0.2) is 28.8 Å². The zero-order valence-electron chi connectivity index (χ0n) is 13.8. The van der Waals surface area contributed by atoms with Gasteiger partial charge in [0.25, 0.3) is 5.91 Å². The molecule has 2 aromatic rings. The Bertz CT molecular complexity index is 618. The Kier molecular flexibility index (Phi) is 6.14. The predicted octanol–water partition coefficient (Wildman–Crippen LogP) is 3.13. The van der Waals surface area contributed by atoms with Gasteiger partial charge in [-0.1, -0.05) is 25.9 Å². The van der Waals surface area contributed by atoms with Gasteiger partial charge < -0.3 is 14.6 Å². The molecule has 6 heteroatoms. The number of nitrogens with one attached hydrogen (secondary N) is 1. The van der Waals surface area contributed by atoms with Gasteiger partial charge in [-0.2, -0.15) is 4.98 Å². The van der Waals surface area contributed by atoms with E-state index in [4.69, 9.17) is 9.26 Å². The fraction of sp³-hybridized carbons (Fsp3) is 0.471. The number of ether oxygens (including phenoxy) is 1. The Balaban J connectivity index is 1.89. The summed E-state index contributed by atoms with van der Waals surface area (Å²) in [4.78, 5) is 16.3. The van der Waals surface area contributed by atoms with Gasteiger partial charge in [-0.05, 0) is 37.1 Å². The van der Waals surface area contributed by atoms with E-state index in [-0.39, 0.29) is 18.6 Å². The van der Waals surface area contributed by atoms with E-state index in [0.717, 1.165) is 12.8 Å². The second-order valence-corrected chi connectivity index (χ2v) is 5.26. The quantitative estimate of drug-likeness (QED) is 0.809. The van der Waals surface area contributed by atoms with Crippen molar-refractivity contribution in [2.45, 2.75) is 52.7 Å². The number of hydrogen-bond acceptors (Lipinski definition) is 5. The first kappa shape index (κ1) is 17.0. The van der Waals surface area contributed by atoms with Crippen molar-refractivity contribution in [2.75, 3.05) is 0 Å². The summed E-state index contributed by atoms with van der Waals surface area (Å²) in [6.07, 6.45) is 2.55. The molecule has 0 aliphatic rings. The van der Waals surface area contributed by atoms with E-state index in [0.29, 0.717) is 29.4 Å². The number of amides is 1. The summed E-state index contributed by atoms with van der Waals surface area (Å²) in [6.45, 7) is 6.31. The number of carbonyl (C=O) groups is 1. The first-order valence-corrected chi connectivity index (χ1v) is 8.01. The molecule has 0 aliphatic heterocycles. The lowest BCUT2D eigenvalue weighted by molar-refractivity contribution is 0.0935. The van der Waals surface area contributed by atoms with E-state index >= 15 is 0 Å². The van der Waals surface area contributed by atoms with Crippen molar-refractivity contribution in [2.24, 2.45) is 0 Å². The lowest BCUT2D eigenvalue weighted by atomic mass is 10.1. The molecule has 1 N–H and O–H groups in total. The largest absolute Gasteiger partial charge is 0.485 e. The predicted molar refractivity (Wildman–Crippen MR) is 86.3 cm³/mol. The van der Waals surface area contributed by atoms with Gasteiger partial charge >= 0.3 is 0 Å². The van der Waals surface area contributed by atoms with E-state index in [1.165, 1.54) is 0 Å². The first-order chi connectivity index (χ1) is 11.2. The van der Waals surface area contributed by atoms with Crippen LogP contribution < -0.4 is 10.1 Å². The van der Waals surface area contributed by atoms with E-state index in [1.54, 1.807) is 24.3 Å². The van der Waals surface area contributed by atoms with Crippen molar-refractivity contribution < 1.29 is 14.1 Å². The summed E-state index contributed by atoms with van der Waals surface area (Å²) in [7, 11) is 0. The van der Waals surface area contributed by atoms with Crippen molar-refractivity contribution in [1.82, 2.24) is 15.5 Å². The summed E-state index contributed by atoms with van der Waals surface area (Å²) in [5.74, 6) is 1.71. The summed E-state index contributed by atoms with van der Waals surface area (Å²) < 4.78 is 10.6. The molecule has 0 unspecified atom stereocenters. The lowest BCUT2D eigenvalue weighted by Gasteiger charge is -2.14. The van der Waals surface area contributed by atoms with Crippen molar-refractivity contribution in [1.29, 1.82) is 0 Å². The minimum atomic E-state index is -0.0593. The number of hydrogen-bond donors (Lipinski definition) is 1. The molecular formula is C17H23N3O3. The third-order valence-corrected chi connectivity index (χ3v) is 3.62. The van der Waals surface area contributed by atoms with Gasteiger partial charge in [0.2, 0.25) is 11.7 Å². The molecule has 0 saturated carbocycles. The molecule has 2 rings (SSSR count). The molecule has 0 fully saturated rings. The molecular weight excluding hydrogens is 294 g/mol. The Hall–Kier alpha value is -2.37. The highest BCUT2D eigenvalue weighted by Gasteiger charge is 2.11. The standard InChI is InChI=1S/C17H23N3O3/c1-4-13(5-2)18-17(21)12-7-9-14(10-8-12)22-11-15-19-16(6-3)23-20-15/h7-10,13H,4-6,11H2,1-3H3,(H,18,21). The number of rotatable bonds is 8. The lowest BCUT2D eigenvalue weighted by Crippen LogP contribution is -2.33. The third-order valence-electron chi connectivity index (χ3n) is 3.62. The van der Waals surface area contributed by atoms with Crippen LogP contribution in [-0.2, 0) is 13.0 Å². The molecule has 0 aliphatic carbocycles. The maximum atomic E-state index is 12.1. The van der Waals surface area contributed by atoms with E-state index in [9.17, 15) is 4.79 Å². The Labute approximate surface area is 136 Å². The number of aryl methyl sites for hydroxylation is 1. The number of aromatic nitrogens is 2. The summed E-state index contributed by atoms with van der Waals surface area (Å²) in [5, 5.41) is 6.83. The van der Waals surface area contributed by atoms with Crippen molar-refractivity contribution in [3.63, 3.8) is 0 Å². The van der Waals surface area contributed by atoms with Crippen LogP contribution in [0.3, 0.4) is 0 Å². The average molecular weight is 317 g/mol. The number of carbonyl (C=O) groups excluding carboxylic acids is 1. The molecule has 23 heavy (non-hydrogen) atoms. The Morgan fingerprint density at radius 2 is 1.91 bits per heavy atom. The average Bonchev–Trinajstić information content (AvgIpc) is 3.06. The van der Waals surface area contributed by atoms with Gasteiger partial charge in [0.15, 0.2) is 6.61 Å². The second-order valence-electron chi connectivity index (χ2n) is 5.26. The third kappa shape index (κ3) is 4.81. The van der Waals surface area contributed by atoms with Crippen molar-refractivity contribution >= 4 is 5.91 Å². The van der Waals surface area contributed by atoms with Crippen molar-refractivity contribution in [3.05, 3.63) is 41.5 Å². The number of benzene rings is 1. The van der Waals surface area contributed by atoms with Crippen LogP contribution >= 0.6 is 0 Å².